The van der Waals surface area contributed by atoms with Gasteiger partial charge < -0.3 is 19.9 Å². The molecule has 0 saturated heterocycles. The molecule has 1 amide bonds. The molecule has 0 bridgehead atoms. The minimum absolute atomic E-state index is 0.108. The van der Waals surface area contributed by atoms with E-state index in [-0.39, 0.29) is 24.3 Å². The Labute approximate surface area is 145 Å². The minimum Gasteiger partial charge on any atom is -0.480 e. The Balaban J connectivity index is 2.81. The molecule has 0 unspecified atom stereocenters. The number of hydrogen-bond acceptors (Lipinski definition) is 6. The fourth-order valence-corrected chi connectivity index (χ4v) is 2.06. The van der Waals surface area contributed by atoms with Gasteiger partial charge in [0.05, 0.1) is 12.5 Å². The molecule has 1 aromatic carbocycles. The van der Waals surface area contributed by atoms with Crippen molar-refractivity contribution in [3.05, 3.63) is 29.8 Å². The first kappa shape index (κ1) is 20.1. The second-order valence-electron chi connectivity index (χ2n) is 5.37. The van der Waals surface area contributed by atoms with Crippen molar-refractivity contribution in [1.29, 1.82) is 0 Å². The topological polar surface area (TPSA) is 119 Å². The number of carbonyl (C=O) groups excluding carboxylic acids is 3. The van der Waals surface area contributed by atoms with E-state index in [0.717, 1.165) is 0 Å². The molecule has 1 aromatic rings. The third-order valence-corrected chi connectivity index (χ3v) is 3.24. The van der Waals surface area contributed by atoms with Crippen LogP contribution in [0.5, 0.6) is 5.75 Å². The molecule has 8 nitrogen and oxygen atoms in total. The van der Waals surface area contributed by atoms with Crippen LogP contribution in [0.1, 0.15) is 37.6 Å². The summed E-state index contributed by atoms with van der Waals surface area (Å²) < 4.78 is 9.72. The van der Waals surface area contributed by atoms with Gasteiger partial charge in [0, 0.05) is 12.5 Å². The summed E-state index contributed by atoms with van der Waals surface area (Å²) in [4.78, 5) is 46.2. The second kappa shape index (κ2) is 9.41. The molecule has 0 spiro atoms. The van der Waals surface area contributed by atoms with Crippen molar-refractivity contribution in [2.45, 2.75) is 33.2 Å². The van der Waals surface area contributed by atoms with Crippen LogP contribution in [-0.2, 0) is 19.1 Å². The molecular formula is C17H21NO7. The number of ether oxygens (including phenoxy) is 2. The van der Waals surface area contributed by atoms with E-state index < -0.39 is 35.8 Å². The molecule has 0 aliphatic carbocycles. The Hall–Kier alpha value is -2.90. The average molecular weight is 351 g/mol. The summed E-state index contributed by atoms with van der Waals surface area (Å²) in [5.41, 5.74) is 0.133. The van der Waals surface area contributed by atoms with Crippen molar-refractivity contribution in [3.63, 3.8) is 0 Å². The van der Waals surface area contributed by atoms with Crippen LogP contribution >= 0.6 is 0 Å². The highest BCUT2D eigenvalue weighted by atomic mass is 16.5. The van der Waals surface area contributed by atoms with Crippen molar-refractivity contribution in [2.24, 2.45) is 5.92 Å². The van der Waals surface area contributed by atoms with E-state index in [0.29, 0.717) is 0 Å². The molecular weight excluding hydrogens is 330 g/mol. The maximum Gasteiger partial charge on any atom is 0.326 e. The Bertz CT molecular complexity index is 656. The zero-order valence-electron chi connectivity index (χ0n) is 14.3. The lowest BCUT2D eigenvalue weighted by atomic mass is 10.0. The molecule has 8 heteroatoms. The number of hydrogen-bond donors (Lipinski definition) is 2. The van der Waals surface area contributed by atoms with Crippen molar-refractivity contribution in [1.82, 2.24) is 5.32 Å². The smallest absolute Gasteiger partial charge is 0.326 e. The number of aliphatic carboxylic acids is 1. The van der Waals surface area contributed by atoms with E-state index in [9.17, 15) is 24.3 Å². The van der Waals surface area contributed by atoms with Crippen molar-refractivity contribution in [3.8, 4) is 5.75 Å². The number of benzene rings is 1. The Morgan fingerprint density at radius 2 is 1.92 bits per heavy atom. The van der Waals surface area contributed by atoms with E-state index in [1.54, 1.807) is 6.92 Å². The first-order valence-electron chi connectivity index (χ1n) is 7.73. The molecule has 2 atom stereocenters. The highest BCUT2D eigenvalue weighted by molar-refractivity contribution is 5.97. The van der Waals surface area contributed by atoms with Gasteiger partial charge in [-0.15, -0.1) is 0 Å². The molecule has 0 aliphatic rings. The van der Waals surface area contributed by atoms with Crippen LogP contribution in [0, 0.1) is 5.92 Å². The van der Waals surface area contributed by atoms with Gasteiger partial charge in [-0.3, -0.25) is 14.4 Å². The third-order valence-electron chi connectivity index (χ3n) is 3.24. The Morgan fingerprint density at radius 3 is 2.48 bits per heavy atom. The zero-order chi connectivity index (χ0) is 19.0. The van der Waals surface area contributed by atoms with Crippen LogP contribution in [-0.4, -0.2) is 41.6 Å². The number of carbonyl (C=O) groups is 4. The molecule has 0 heterocycles. The fraction of sp³-hybridized carbons (Fsp3) is 0.412. The van der Waals surface area contributed by atoms with Crippen LogP contribution in [0.15, 0.2) is 24.3 Å². The maximum atomic E-state index is 12.2. The van der Waals surface area contributed by atoms with Crippen LogP contribution < -0.4 is 10.1 Å². The predicted molar refractivity (Wildman–Crippen MR) is 87.1 cm³/mol. The van der Waals surface area contributed by atoms with Crippen molar-refractivity contribution in [2.75, 3.05) is 6.61 Å². The van der Waals surface area contributed by atoms with Gasteiger partial charge in [0.1, 0.15) is 11.8 Å². The lowest BCUT2D eigenvalue weighted by molar-refractivity contribution is -0.148. The summed E-state index contributed by atoms with van der Waals surface area (Å²) in [7, 11) is 0. The summed E-state index contributed by atoms with van der Waals surface area (Å²) in [5.74, 6) is -3.50. The summed E-state index contributed by atoms with van der Waals surface area (Å²) in [6, 6.07) is 4.52. The third kappa shape index (κ3) is 6.62. The van der Waals surface area contributed by atoms with Crippen LogP contribution in [0.3, 0.4) is 0 Å². The molecule has 25 heavy (non-hydrogen) atoms. The van der Waals surface area contributed by atoms with Gasteiger partial charge in [0.25, 0.3) is 5.91 Å². The van der Waals surface area contributed by atoms with Crippen LogP contribution in [0.2, 0.25) is 0 Å². The maximum absolute atomic E-state index is 12.2. The molecule has 0 radical (unpaired) electrons. The highest BCUT2D eigenvalue weighted by Gasteiger charge is 2.27. The van der Waals surface area contributed by atoms with Gasteiger partial charge in [0.2, 0.25) is 0 Å². The van der Waals surface area contributed by atoms with Gasteiger partial charge in [-0.2, -0.15) is 0 Å². The Kier molecular flexibility index (Phi) is 7.58. The number of amides is 1. The standard InChI is InChI=1S/C17H21NO7/c1-4-24-17(23)10(2)8-14(16(21)22)18-15(20)12-6-5-7-13(9-12)25-11(3)19/h5-7,9-10,14H,4,8H2,1-3H3,(H,18,20)(H,21,22)/t10-,14-/m0/s1. The van der Waals surface area contributed by atoms with Crippen molar-refractivity contribution >= 4 is 23.8 Å². The Morgan fingerprint density at radius 1 is 1.24 bits per heavy atom. The average Bonchev–Trinajstić information content (AvgIpc) is 2.53. The van der Waals surface area contributed by atoms with E-state index >= 15 is 0 Å². The number of carboxylic acids is 1. The summed E-state index contributed by atoms with van der Waals surface area (Å²) in [6.07, 6.45) is -0.108. The molecule has 0 aromatic heterocycles. The number of rotatable bonds is 8. The second-order valence-corrected chi connectivity index (χ2v) is 5.37. The number of esters is 2. The van der Waals surface area contributed by atoms with Gasteiger partial charge in [0.15, 0.2) is 0 Å². The van der Waals surface area contributed by atoms with Gasteiger partial charge in [-0.05, 0) is 31.5 Å². The monoisotopic (exact) mass is 351 g/mol. The zero-order valence-corrected chi connectivity index (χ0v) is 14.3. The van der Waals surface area contributed by atoms with Crippen LogP contribution in [0.4, 0.5) is 0 Å². The van der Waals surface area contributed by atoms with E-state index in [4.69, 9.17) is 9.47 Å². The summed E-state index contributed by atoms with van der Waals surface area (Å²) in [6.45, 7) is 4.60. The minimum atomic E-state index is -1.26. The largest absolute Gasteiger partial charge is 0.480 e. The molecule has 2 N–H and O–H groups in total. The predicted octanol–water partition coefficient (Wildman–Crippen LogP) is 1.38. The molecule has 136 valence electrons. The van der Waals surface area contributed by atoms with E-state index in [1.807, 2.05) is 0 Å². The highest BCUT2D eigenvalue weighted by Crippen LogP contribution is 2.15. The number of carboxylic acid groups (broad SMARTS) is 1. The van der Waals surface area contributed by atoms with Crippen LogP contribution in [0.25, 0.3) is 0 Å². The van der Waals surface area contributed by atoms with Gasteiger partial charge >= 0.3 is 17.9 Å². The van der Waals surface area contributed by atoms with E-state index in [2.05, 4.69) is 5.32 Å². The summed E-state index contributed by atoms with van der Waals surface area (Å²) in [5, 5.41) is 11.6. The summed E-state index contributed by atoms with van der Waals surface area (Å²) >= 11 is 0. The first-order valence-corrected chi connectivity index (χ1v) is 7.73. The molecule has 0 saturated carbocycles. The van der Waals surface area contributed by atoms with E-state index in [1.165, 1.54) is 38.1 Å². The quantitative estimate of drug-likeness (QED) is 0.536. The molecule has 1 rings (SSSR count). The number of nitrogens with one attached hydrogen (secondary N) is 1. The molecule has 0 aliphatic heterocycles. The van der Waals surface area contributed by atoms with Gasteiger partial charge in [-0.25, -0.2) is 4.79 Å². The van der Waals surface area contributed by atoms with Crippen molar-refractivity contribution < 1.29 is 33.8 Å². The SMILES string of the molecule is CCOC(=O)[C@@H](C)C[C@H](NC(=O)c1cccc(OC(C)=O)c1)C(=O)O. The molecule has 0 fully saturated rings. The lowest BCUT2D eigenvalue weighted by Crippen LogP contribution is -2.42. The van der Waals surface area contributed by atoms with Gasteiger partial charge in [-0.1, -0.05) is 13.0 Å². The normalized spacial score (nSPS) is 12.6. The lowest BCUT2D eigenvalue weighted by Gasteiger charge is -2.18. The fourth-order valence-electron chi connectivity index (χ4n) is 2.06. The first-order chi connectivity index (χ1) is 11.7.